The van der Waals surface area contributed by atoms with E-state index in [9.17, 15) is 0 Å². The summed E-state index contributed by atoms with van der Waals surface area (Å²) in [7, 11) is 0. The summed E-state index contributed by atoms with van der Waals surface area (Å²) >= 11 is 0. The molecule has 1 N–H and O–H groups in total. The molecule has 4 heteroatoms. The van der Waals surface area contributed by atoms with Gasteiger partial charge in [0.1, 0.15) is 0 Å². The van der Waals surface area contributed by atoms with Gasteiger partial charge in [0, 0.05) is 31.2 Å². The van der Waals surface area contributed by atoms with Gasteiger partial charge in [-0.1, -0.05) is 30.3 Å². The van der Waals surface area contributed by atoms with E-state index < -0.39 is 0 Å². The summed E-state index contributed by atoms with van der Waals surface area (Å²) in [6, 6.07) is 10.6. The van der Waals surface area contributed by atoms with Crippen LogP contribution in [0, 0.1) is 0 Å². The molecule has 0 bridgehead atoms. The number of nitrogens with one attached hydrogen (secondary N) is 1. The lowest BCUT2D eigenvalue weighted by molar-refractivity contribution is 0.151. The minimum atomic E-state index is 0.529. The SMILES string of the molecule is CC1CNCCN1Cc1ncc(-c2ccccc2)o1. The molecule has 0 radical (unpaired) electrons. The lowest BCUT2D eigenvalue weighted by Crippen LogP contribution is -2.49. The average Bonchev–Trinajstić information content (AvgIpc) is 2.91. The number of hydrogen-bond donors (Lipinski definition) is 1. The van der Waals surface area contributed by atoms with Crippen molar-refractivity contribution in [2.24, 2.45) is 0 Å². The van der Waals surface area contributed by atoms with Crippen LogP contribution in [0.3, 0.4) is 0 Å². The zero-order valence-electron chi connectivity index (χ0n) is 11.2. The molecule has 1 saturated heterocycles. The van der Waals surface area contributed by atoms with Crippen molar-refractivity contribution in [3.05, 3.63) is 42.4 Å². The summed E-state index contributed by atoms with van der Waals surface area (Å²) in [4.78, 5) is 6.79. The lowest BCUT2D eigenvalue weighted by Gasteiger charge is -2.32. The van der Waals surface area contributed by atoms with Crippen LogP contribution in [-0.2, 0) is 6.54 Å². The Hall–Kier alpha value is -1.65. The molecule has 1 unspecified atom stereocenters. The van der Waals surface area contributed by atoms with Crippen LogP contribution < -0.4 is 5.32 Å². The smallest absolute Gasteiger partial charge is 0.209 e. The number of hydrogen-bond acceptors (Lipinski definition) is 4. The third-order valence-corrected chi connectivity index (χ3v) is 3.59. The summed E-state index contributed by atoms with van der Waals surface area (Å²) in [5.74, 6) is 1.64. The quantitative estimate of drug-likeness (QED) is 0.914. The van der Waals surface area contributed by atoms with Crippen molar-refractivity contribution < 1.29 is 4.42 Å². The highest BCUT2D eigenvalue weighted by Gasteiger charge is 2.19. The molecule has 0 amide bonds. The van der Waals surface area contributed by atoms with E-state index in [4.69, 9.17) is 4.42 Å². The molecule has 0 spiro atoms. The van der Waals surface area contributed by atoms with Crippen LogP contribution in [-0.4, -0.2) is 35.6 Å². The minimum absolute atomic E-state index is 0.529. The molecule has 4 nitrogen and oxygen atoms in total. The number of nitrogens with zero attached hydrogens (tertiary/aromatic N) is 2. The van der Waals surface area contributed by atoms with Crippen LogP contribution in [0.4, 0.5) is 0 Å². The molecular weight excluding hydrogens is 238 g/mol. The molecule has 0 aliphatic carbocycles. The van der Waals surface area contributed by atoms with E-state index in [-0.39, 0.29) is 0 Å². The molecule has 1 fully saturated rings. The van der Waals surface area contributed by atoms with Crippen molar-refractivity contribution >= 4 is 0 Å². The first-order chi connectivity index (χ1) is 9.33. The fourth-order valence-corrected chi connectivity index (χ4v) is 2.41. The third-order valence-electron chi connectivity index (χ3n) is 3.59. The first-order valence-electron chi connectivity index (χ1n) is 6.78. The fraction of sp³-hybridized carbons (Fsp3) is 0.400. The summed E-state index contributed by atoms with van der Waals surface area (Å²) < 4.78 is 5.85. The Balaban J connectivity index is 1.71. The van der Waals surface area contributed by atoms with Crippen LogP contribution in [0.25, 0.3) is 11.3 Å². The first-order valence-corrected chi connectivity index (χ1v) is 6.78. The zero-order valence-corrected chi connectivity index (χ0v) is 11.2. The van der Waals surface area contributed by atoms with Gasteiger partial charge in [0.05, 0.1) is 12.7 Å². The van der Waals surface area contributed by atoms with Crippen LogP contribution in [0.1, 0.15) is 12.8 Å². The summed E-state index contributed by atoms with van der Waals surface area (Å²) in [6.07, 6.45) is 1.82. The molecule has 19 heavy (non-hydrogen) atoms. The average molecular weight is 257 g/mol. The lowest BCUT2D eigenvalue weighted by atomic mass is 10.2. The number of aromatic nitrogens is 1. The Morgan fingerprint density at radius 1 is 1.37 bits per heavy atom. The Morgan fingerprint density at radius 2 is 2.21 bits per heavy atom. The maximum Gasteiger partial charge on any atom is 0.209 e. The van der Waals surface area contributed by atoms with Gasteiger partial charge < -0.3 is 9.73 Å². The van der Waals surface area contributed by atoms with Gasteiger partial charge in [0.2, 0.25) is 5.89 Å². The van der Waals surface area contributed by atoms with Crippen molar-refractivity contribution in [1.29, 1.82) is 0 Å². The second-order valence-corrected chi connectivity index (χ2v) is 5.01. The topological polar surface area (TPSA) is 41.3 Å². The highest BCUT2D eigenvalue weighted by Crippen LogP contribution is 2.20. The van der Waals surface area contributed by atoms with Gasteiger partial charge in [-0.25, -0.2) is 4.98 Å². The maximum absolute atomic E-state index is 5.85. The van der Waals surface area contributed by atoms with Gasteiger partial charge in [-0.2, -0.15) is 0 Å². The highest BCUT2D eigenvalue weighted by molar-refractivity contribution is 5.55. The Labute approximate surface area is 113 Å². The van der Waals surface area contributed by atoms with Crippen LogP contribution in [0.2, 0.25) is 0 Å². The summed E-state index contributed by atoms with van der Waals surface area (Å²) in [5, 5.41) is 3.39. The van der Waals surface area contributed by atoms with Crippen molar-refractivity contribution in [1.82, 2.24) is 15.2 Å². The zero-order chi connectivity index (χ0) is 13.1. The molecule has 0 saturated carbocycles. The third kappa shape index (κ3) is 2.85. The van der Waals surface area contributed by atoms with E-state index in [0.29, 0.717) is 6.04 Å². The van der Waals surface area contributed by atoms with Crippen molar-refractivity contribution in [2.75, 3.05) is 19.6 Å². The first kappa shape index (κ1) is 12.4. The van der Waals surface area contributed by atoms with Gasteiger partial charge in [-0.3, -0.25) is 4.90 Å². The molecule has 2 aromatic rings. The highest BCUT2D eigenvalue weighted by atomic mass is 16.4. The van der Waals surface area contributed by atoms with Crippen LogP contribution in [0.15, 0.2) is 40.9 Å². The number of piperazine rings is 1. The predicted molar refractivity (Wildman–Crippen MR) is 74.7 cm³/mol. The van der Waals surface area contributed by atoms with Gasteiger partial charge in [-0.15, -0.1) is 0 Å². The number of benzene rings is 1. The van der Waals surface area contributed by atoms with E-state index >= 15 is 0 Å². The molecular formula is C15H19N3O. The van der Waals surface area contributed by atoms with E-state index in [1.165, 1.54) is 0 Å². The van der Waals surface area contributed by atoms with E-state index in [1.54, 1.807) is 0 Å². The molecule has 1 aromatic carbocycles. The minimum Gasteiger partial charge on any atom is -0.439 e. The molecule has 1 aliphatic rings. The van der Waals surface area contributed by atoms with E-state index in [1.807, 2.05) is 36.5 Å². The monoisotopic (exact) mass is 257 g/mol. The van der Waals surface area contributed by atoms with Crippen molar-refractivity contribution in [3.63, 3.8) is 0 Å². The Morgan fingerprint density at radius 3 is 3.00 bits per heavy atom. The second-order valence-electron chi connectivity index (χ2n) is 5.01. The van der Waals surface area contributed by atoms with E-state index in [0.717, 1.165) is 43.4 Å². The molecule has 3 rings (SSSR count). The van der Waals surface area contributed by atoms with Gasteiger partial charge in [0.25, 0.3) is 0 Å². The number of oxazole rings is 1. The summed E-state index contributed by atoms with van der Waals surface area (Å²) in [6.45, 7) is 6.13. The van der Waals surface area contributed by atoms with Crippen molar-refractivity contribution in [2.45, 2.75) is 19.5 Å². The second kappa shape index (κ2) is 5.55. The Bertz CT molecular complexity index is 523. The van der Waals surface area contributed by atoms with Crippen LogP contribution in [0.5, 0.6) is 0 Å². The maximum atomic E-state index is 5.85. The molecule has 100 valence electrons. The molecule has 2 heterocycles. The van der Waals surface area contributed by atoms with Gasteiger partial charge in [0.15, 0.2) is 5.76 Å². The van der Waals surface area contributed by atoms with Crippen molar-refractivity contribution in [3.8, 4) is 11.3 Å². The number of rotatable bonds is 3. The normalized spacial score (nSPS) is 20.6. The van der Waals surface area contributed by atoms with Gasteiger partial charge in [-0.05, 0) is 6.92 Å². The summed E-state index contributed by atoms with van der Waals surface area (Å²) in [5.41, 5.74) is 1.08. The largest absolute Gasteiger partial charge is 0.439 e. The van der Waals surface area contributed by atoms with Crippen LogP contribution >= 0.6 is 0 Å². The molecule has 1 aromatic heterocycles. The van der Waals surface area contributed by atoms with Gasteiger partial charge >= 0.3 is 0 Å². The molecule has 1 aliphatic heterocycles. The van der Waals surface area contributed by atoms with E-state index in [2.05, 4.69) is 22.1 Å². The Kier molecular flexibility index (Phi) is 3.62. The fourth-order valence-electron chi connectivity index (χ4n) is 2.41. The standard InChI is InChI=1S/C15H19N3O/c1-12-9-16-7-8-18(12)11-15-17-10-14(19-15)13-5-3-2-4-6-13/h2-6,10,12,16H,7-9,11H2,1H3. The molecule has 1 atom stereocenters. The predicted octanol–water partition coefficient (Wildman–Crippen LogP) is 2.14.